The van der Waals surface area contributed by atoms with E-state index in [1.807, 2.05) is 55.5 Å². The van der Waals surface area contributed by atoms with Crippen molar-refractivity contribution in [1.82, 2.24) is 10.1 Å². The standard InChI is InChI=1S/C14H17N2O2P/c1-2-18-19(17,14-9-4-3-5-10-14)16-12-13-8-6-7-11-15-13/h3-11H,2,12H2,1H3,(H,16,17). The Morgan fingerprint density at radius 2 is 1.89 bits per heavy atom. The number of hydrogen-bond acceptors (Lipinski definition) is 3. The topological polar surface area (TPSA) is 51.2 Å². The average Bonchev–Trinajstić information content (AvgIpc) is 2.48. The summed E-state index contributed by atoms with van der Waals surface area (Å²) in [5, 5.41) is 3.67. The quantitative estimate of drug-likeness (QED) is 0.824. The first-order valence-corrected chi connectivity index (χ1v) is 7.82. The molecular weight excluding hydrogens is 259 g/mol. The summed E-state index contributed by atoms with van der Waals surface area (Å²) in [6.45, 7) is 2.63. The van der Waals surface area contributed by atoms with Gasteiger partial charge in [-0.05, 0) is 31.2 Å². The molecular formula is C14H17N2O2P. The van der Waals surface area contributed by atoms with Crippen LogP contribution in [0.15, 0.2) is 54.7 Å². The summed E-state index contributed by atoms with van der Waals surface area (Å²) in [5.41, 5.74) is 0.832. The maximum atomic E-state index is 12.8. The highest BCUT2D eigenvalue weighted by molar-refractivity contribution is 7.65. The number of rotatable bonds is 6. The van der Waals surface area contributed by atoms with Crippen molar-refractivity contribution in [3.05, 3.63) is 60.4 Å². The molecule has 1 heterocycles. The van der Waals surface area contributed by atoms with Gasteiger partial charge >= 0.3 is 0 Å². The Kier molecular flexibility index (Phi) is 4.86. The van der Waals surface area contributed by atoms with Gasteiger partial charge in [0, 0.05) is 12.7 Å². The molecule has 0 fully saturated rings. The van der Waals surface area contributed by atoms with Crippen LogP contribution in [0.5, 0.6) is 0 Å². The zero-order chi connectivity index (χ0) is 13.6. The highest BCUT2D eigenvalue weighted by Gasteiger charge is 2.24. The summed E-state index contributed by atoms with van der Waals surface area (Å²) in [6, 6.07) is 14.8. The minimum atomic E-state index is -3.03. The van der Waals surface area contributed by atoms with Gasteiger partial charge in [-0.2, -0.15) is 0 Å². The van der Waals surface area contributed by atoms with Gasteiger partial charge in [-0.3, -0.25) is 9.55 Å². The molecule has 0 saturated carbocycles. The lowest BCUT2D eigenvalue weighted by Crippen LogP contribution is -2.21. The number of aromatic nitrogens is 1. The van der Waals surface area contributed by atoms with E-state index in [1.54, 1.807) is 6.20 Å². The monoisotopic (exact) mass is 276 g/mol. The summed E-state index contributed by atoms with van der Waals surface area (Å²) < 4.78 is 18.3. The van der Waals surface area contributed by atoms with Crippen LogP contribution in [0, 0.1) is 0 Å². The highest BCUT2D eigenvalue weighted by atomic mass is 31.2. The van der Waals surface area contributed by atoms with Gasteiger partial charge in [0.05, 0.1) is 17.6 Å². The fourth-order valence-corrected chi connectivity index (χ4v) is 3.43. The summed E-state index contributed by atoms with van der Waals surface area (Å²) >= 11 is 0. The third kappa shape index (κ3) is 3.74. The molecule has 2 aromatic rings. The fraction of sp³-hybridized carbons (Fsp3) is 0.214. The number of nitrogens with one attached hydrogen (secondary N) is 1. The molecule has 0 radical (unpaired) electrons. The van der Waals surface area contributed by atoms with Crippen LogP contribution < -0.4 is 10.4 Å². The van der Waals surface area contributed by atoms with E-state index in [0.717, 1.165) is 5.69 Å². The van der Waals surface area contributed by atoms with Crippen molar-refractivity contribution in [3.63, 3.8) is 0 Å². The summed E-state index contributed by atoms with van der Waals surface area (Å²) in [6.07, 6.45) is 1.71. The van der Waals surface area contributed by atoms with Crippen molar-refractivity contribution in [2.24, 2.45) is 0 Å². The Hall–Kier alpha value is -1.48. The van der Waals surface area contributed by atoms with E-state index in [9.17, 15) is 4.57 Å². The van der Waals surface area contributed by atoms with Gasteiger partial charge < -0.3 is 4.52 Å². The van der Waals surface area contributed by atoms with Crippen molar-refractivity contribution in [2.45, 2.75) is 13.5 Å². The summed E-state index contributed by atoms with van der Waals surface area (Å²) in [7, 11) is -3.03. The molecule has 0 saturated heterocycles. The van der Waals surface area contributed by atoms with Crippen LogP contribution >= 0.6 is 7.52 Å². The second kappa shape index (κ2) is 6.62. The van der Waals surface area contributed by atoms with Crippen LogP contribution in [0.2, 0.25) is 0 Å². The Morgan fingerprint density at radius 3 is 2.53 bits per heavy atom. The second-order valence-electron chi connectivity index (χ2n) is 3.96. The molecule has 0 aliphatic carbocycles. The highest BCUT2D eigenvalue weighted by Crippen LogP contribution is 2.41. The third-order valence-corrected chi connectivity index (χ3v) is 4.78. The molecule has 100 valence electrons. The lowest BCUT2D eigenvalue weighted by molar-refractivity contribution is 0.332. The van der Waals surface area contributed by atoms with Crippen molar-refractivity contribution < 1.29 is 9.09 Å². The predicted molar refractivity (Wildman–Crippen MR) is 76.4 cm³/mol. The molecule has 1 aromatic heterocycles. The number of nitrogens with zero attached hydrogens (tertiary/aromatic N) is 1. The van der Waals surface area contributed by atoms with E-state index < -0.39 is 7.52 Å². The molecule has 0 spiro atoms. The maximum Gasteiger partial charge on any atom is 0.300 e. The molecule has 0 bridgehead atoms. The first-order valence-electron chi connectivity index (χ1n) is 6.20. The Bertz CT molecular complexity index is 546. The molecule has 1 N–H and O–H groups in total. The normalized spacial score (nSPS) is 13.9. The molecule has 5 heteroatoms. The SMILES string of the molecule is CCOP(=O)(NCc1ccccn1)c1ccccc1. The Labute approximate surface area is 113 Å². The van der Waals surface area contributed by atoms with Crippen LogP contribution in [0.4, 0.5) is 0 Å². The molecule has 1 unspecified atom stereocenters. The van der Waals surface area contributed by atoms with E-state index >= 15 is 0 Å². The van der Waals surface area contributed by atoms with E-state index in [0.29, 0.717) is 18.5 Å². The summed E-state index contributed by atoms with van der Waals surface area (Å²) in [4.78, 5) is 4.20. The van der Waals surface area contributed by atoms with Gasteiger partial charge in [0.2, 0.25) is 0 Å². The van der Waals surface area contributed by atoms with Gasteiger partial charge in [-0.1, -0.05) is 24.3 Å². The fourth-order valence-electron chi connectivity index (χ4n) is 1.71. The van der Waals surface area contributed by atoms with Gasteiger partial charge in [0.25, 0.3) is 7.52 Å². The van der Waals surface area contributed by atoms with Crippen LogP contribution in [0.3, 0.4) is 0 Å². The van der Waals surface area contributed by atoms with Gasteiger partial charge in [-0.15, -0.1) is 0 Å². The molecule has 2 rings (SSSR count). The third-order valence-electron chi connectivity index (χ3n) is 2.60. The van der Waals surface area contributed by atoms with Gasteiger partial charge in [0.1, 0.15) is 0 Å². The number of hydrogen-bond donors (Lipinski definition) is 1. The van der Waals surface area contributed by atoms with Crippen molar-refractivity contribution in [3.8, 4) is 0 Å². The number of pyridine rings is 1. The minimum Gasteiger partial charge on any atom is -0.315 e. The van der Waals surface area contributed by atoms with Crippen molar-refractivity contribution in [2.75, 3.05) is 6.61 Å². The predicted octanol–water partition coefficient (Wildman–Crippen LogP) is 2.73. The van der Waals surface area contributed by atoms with E-state index in [1.165, 1.54) is 0 Å². The average molecular weight is 276 g/mol. The lowest BCUT2D eigenvalue weighted by Gasteiger charge is -2.19. The van der Waals surface area contributed by atoms with Crippen LogP contribution in [0.25, 0.3) is 0 Å². The zero-order valence-corrected chi connectivity index (χ0v) is 11.7. The molecule has 0 amide bonds. The minimum absolute atomic E-state index is 0.390. The van der Waals surface area contributed by atoms with Crippen LogP contribution in [0.1, 0.15) is 12.6 Å². The van der Waals surface area contributed by atoms with Gasteiger partial charge in [0.15, 0.2) is 0 Å². The largest absolute Gasteiger partial charge is 0.315 e. The van der Waals surface area contributed by atoms with E-state index in [4.69, 9.17) is 4.52 Å². The summed E-state index contributed by atoms with van der Waals surface area (Å²) in [5.74, 6) is 0. The Morgan fingerprint density at radius 1 is 1.16 bits per heavy atom. The molecule has 1 atom stereocenters. The molecule has 19 heavy (non-hydrogen) atoms. The van der Waals surface area contributed by atoms with Crippen LogP contribution in [-0.2, 0) is 15.6 Å². The number of benzene rings is 1. The molecule has 0 aliphatic rings. The first kappa shape index (κ1) is 13.9. The lowest BCUT2D eigenvalue weighted by atomic mass is 10.4. The smallest absolute Gasteiger partial charge is 0.300 e. The van der Waals surface area contributed by atoms with Gasteiger partial charge in [-0.25, -0.2) is 5.09 Å². The second-order valence-corrected chi connectivity index (χ2v) is 6.15. The van der Waals surface area contributed by atoms with E-state index in [2.05, 4.69) is 10.1 Å². The Balaban J connectivity index is 2.14. The maximum absolute atomic E-state index is 12.8. The zero-order valence-electron chi connectivity index (χ0n) is 10.8. The van der Waals surface area contributed by atoms with E-state index in [-0.39, 0.29) is 0 Å². The van der Waals surface area contributed by atoms with Crippen molar-refractivity contribution in [1.29, 1.82) is 0 Å². The molecule has 1 aromatic carbocycles. The molecule has 4 nitrogen and oxygen atoms in total. The first-order chi connectivity index (χ1) is 9.24. The molecule has 0 aliphatic heterocycles. The van der Waals surface area contributed by atoms with Crippen LogP contribution in [-0.4, -0.2) is 11.6 Å². The van der Waals surface area contributed by atoms with Crippen molar-refractivity contribution >= 4 is 12.8 Å².